The summed E-state index contributed by atoms with van der Waals surface area (Å²) >= 11 is 0. The van der Waals surface area contributed by atoms with E-state index in [0.29, 0.717) is 12.1 Å². The average molecular weight is 302 g/mol. The fourth-order valence-electron chi connectivity index (χ4n) is 1.34. The Morgan fingerprint density at radius 2 is 1.90 bits per heavy atom. The van der Waals surface area contributed by atoms with E-state index in [0.717, 1.165) is 12.1 Å². The first-order valence-corrected chi connectivity index (χ1v) is 6.61. The van der Waals surface area contributed by atoms with Gasteiger partial charge >= 0.3 is 0 Å². The Hall–Kier alpha value is -2.49. The van der Waals surface area contributed by atoms with E-state index >= 15 is 0 Å². The quantitative estimate of drug-likeness (QED) is 0.711. The fourth-order valence-corrected chi connectivity index (χ4v) is 2.44. The van der Waals surface area contributed by atoms with Gasteiger partial charge in [0.25, 0.3) is 15.6 Å². The zero-order valence-corrected chi connectivity index (χ0v) is 10.5. The fraction of sp³-hybridized carbons (Fsp3) is 0. The third-order valence-electron chi connectivity index (χ3n) is 2.26. The first-order chi connectivity index (χ1) is 9.29. The second-order valence-corrected chi connectivity index (χ2v) is 5.37. The Morgan fingerprint density at radius 3 is 2.50 bits per heavy atom. The van der Waals surface area contributed by atoms with Gasteiger partial charge in [0.2, 0.25) is 0 Å². The molecule has 0 bridgehead atoms. The lowest BCUT2D eigenvalue weighted by atomic mass is 10.3. The van der Waals surface area contributed by atoms with E-state index in [-0.39, 0.29) is 5.82 Å². The highest BCUT2D eigenvalue weighted by Crippen LogP contribution is 2.22. The number of H-pyrrole nitrogens is 1. The maximum absolute atomic E-state index is 13.5. The predicted octanol–water partition coefficient (Wildman–Crippen LogP) is 0.431. The van der Waals surface area contributed by atoms with Crippen molar-refractivity contribution in [2.75, 3.05) is 10.5 Å². The summed E-state index contributed by atoms with van der Waals surface area (Å²) in [7, 11) is -4.35. The van der Waals surface area contributed by atoms with Gasteiger partial charge in [0.15, 0.2) is 5.82 Å². The van der Waals surface area contributed by atoms with Crippen LogP contribution >= 0.6 is 0 Å². The molecule has 0 aliphatic rings. The molecule has 10 heteroatoms. The number of nitrogens with zero attached hydrogens (tertiary/aromatic N) is 1. The topological polar surface area (TPSA) is 118 Å². The number of nitrogen functional groups attached to an aromatic ring is 1. The molecule has 20 heavy (non-hydrogen) atoms. The molecule has 1 heterocycles. The lowest BCUT2D eigenvalue weighted by molar-refractivity contribution is 0.553. The van der Waals surface area contributed by atoms with Crippen molar-refractivity contribution in [3.63, 3.8) is 0 Å². The Balaban J connectivity index is 2.43. The molecule has 0 aliphatic heterocycles. The van der Waals surface area contributed by atoms with Crippen LogP contribution in [0.1, 0.15) is 0 Å². The molecular formula is C10H8F2N4O3S. The van der Waals surface area contributed by atoms with Gasteiger partial charge in [0.1, 0.15) is 16.5 Å². The maximum Gasteiger partial charge on any atom is 0.266 e. The first-order valence-electron chi connectivity index (χ1n) is 5.12. The third-order valence-corrected chi connectivity index (χ3v) is 3.63. The van der Waals surface area contributed by atoms with Crippen LogP contribution in [-0.2, 0) is 10.0 Å². The minimum Gasteiger partial charge on any atom is -0.396 e. The highest BCUT2D eigenvalue weighted by molar-refractivity contribution is 7.92. The van der Waals surface area contributed by atoms with Crippen molar-refractivity contribution in [2.24, 2.45) is 0 Å². The summed E-state index contributed by atoms with van der Waals surface area (Å²) < 4.78 is 52.2. The van der Waals surface area contributed by atoms with Crippen molar-refractivity contribution >= 4 is 21.5 Å². The van der Waals surface area contributed by atoms with Crippen LogP contribution in [0.5, 0.6) is 0 Å². The number of sulfonamides is 1. The van der Waals surface area contributed by atoms with Crippen molar-refractivity contribution < 1.29 is 17.2 Å². The smallest absolute Gasteiger partial charge is 0.266 e. The summed E-state index contributed by atoms with van der Waals surface area (Å²) in [6.07, 6.45) is 0. The number of aromatic amines is 1. The lowest BCUT2D eigenvalue weighted by Crippen LogP contribution is -2.18. The molecule has 2 aromatic rings. The summed E-state index contributed by atoms with van der Waals surface area (Å²) in [6.45, 7) is 0. The Bertz CT molecular complexity index is 799. The second-order valence-electron chi connectivity index (χ2n) is 3.72. The summed E-state index contributed by atoms with van der Waals surface area (Å²) in [5, 5.41) is 5.40. The highest BCUT2D eigenvalue weighted by Gasteiger charge is 2.21. The monoisotopic (exact) mass is 302 g/mol. The SMILES string of the molecule is Nc1cc(S(=O)(=O)Nc2ccc(=O)[nH]n2)c(F)cc1F. The molecule has 106 valence electrons. The van der Waals surface area contributed by atoms with Gasteiger partial charge in [-0.25, -0.2) is 22.3 Å². The number of halogens is 2. The molecule has 7 nitrogen and oxygen atoms in total. The molecule has 4 N–H and O–H groups in total. The zero-order chi connectivity index (χ0) is 14.9. The van der Waals surface area contributed by atoms with Crippen LogP contribution in [0.4, 0.5) is 20.3 Å². The molecule has 0 radical (unpaired) electrons. The van der Waals surface area contributed by atoms with Gasteiger partial charge in [-0.2, -0.15) is 5.10 Å². The Morgan fingerprint density at radius 1 is 1.20 bits per heavy atom. The van der Waals surface area contributed by atoms with Gasteiger partial charge in [-0.05, 0) is 12.1 Å². The predicted molar refractivity (Wildman–Crippen MR) is 66.4 cm³/mol. The molecule has 0 unspecified atom stereocenters. The summed E-state index contributed by atoms with van der Waals surface area (Å²) in [6, 6.07) is 3.13. The number of aromatic nitrogens is 2. The minimum absolute atomic E-state index is 0.230. The standard InChI is InChI=1S/C10H8F2N4O3S/c11-5-3-6(12)8(4-7(5)13)20(18,19)16-9-1-2-10(17)15-14-9/h1-4H,13H2,(H,14,16)(H,15,17). The third kappa shape index (κ3) is 2.74. The summed E-state index contributed by atoms with van der Waals surface area (Å²) in [4.78, 5) is 9.95. The van der Waals surface area contributed by atoms with E-state index in [1.54, 1.807) is 0 Å². The molecule has 0 fully saturated rings. The molecule has 0 amide bonds. The number of rotatable bonds is 3. The summed E-state index contributed by atoms with van der Waals surface area (Å²) in [5.41, 5.74) is 4.15. The van der Waals surface area contributed by atoms with Gasteiger partial charge in [-0.3, -0.25) is 9.52 Å². The molecule has 0 spiro atoms. The Kier molecular flexibility index (Phi) is 3.40. The maximum atomic E-state index is 13.5. The molecule has 0 atom stereocenters. The van der Waals surface area contributed by atoms with Crippen molar-refractivity contribution in [3.05, 3.63) is 46.3 Å². The molecule has 0 saturated carbocycles. The van der Waals surface area contributed by atoms with Crippen molar-refractivity contribution in [1.29, 1.82) is 0 Å². The number of nitrogens with two attached hydrogens (primary N) is 1. The van der Waals surface area contributed by atoms with E-state index < -0.39 is 37.8 Å². The number of hydrogen-bond donors (Lipinski definition) is 3. The average Bonchev–Trinajstić information content (AvgIpc) is 2.36. The van der Waals surface area contributed by atoms with Crippen molar-refractivity contribution in [3.8, 4) is 0 Å². The Labute approximate surface area is 111 Å². The van der Waals surface area contributed by atoms with Gasteiger partial charge < -0.3 is 5.73 Å². The molecule has 0 aliphatic carbocycles. The van der Waals surface area contributed by atoms with Crippen molar-refractivity contribution in [2.45, 2.75) is 4.90 Å². The molecule has 2 rings (SSSR count). The summed E-state index contributed by atoms with van der Waals surface area (Å²) in [5.74, 6) is -2.59. The number of benzene rings is 1. The van der Waals surface area contributed by atoms with Crippen LogP contribution in [0, 0.1) is 11.6 Å². The normalized spacial score (nSPS) is 11.3. The largest absolute Gasteiger partial charge is 0.396 e. The zero-order valence-electron chi connectivity index (χ0n) is 9.72. The van der Waals surface area contributed by atoms with Gasteiger partial charge in [-0.1, -0.05) is 0 Å². The van der Waals surface area contributed by atoms with E-state index in [9.17, 15) is 22.0 Å². The minimum atomic E-state index is -4.35. The van der Waals surface area contributed by atoms with Gasteiger partial charge in [-0.15, -0.1) is 0 Å². The number of nitrogens with one attached hydrogen (secondary N) is 2. The van der Waals surface area contributed by atoms with E-state index in [4.69, 9.17) is 5.73 Å². The number of hydrogen-bond acceptors (Lipinski definition) is 5. The van der Waals surface area contributed by atoms with Crippen LogP contribution in [0.25, 0.3) is 0 Å². The molecule has 1 aromatic carbocycles. The van der Waals surface area contributed by atoms with Crippen LogP contribution in [0.2, 0.25) is 0 Å². The first kappa shape index (κ1) is 13.9. The highest BCUT2D eigenvalue weighted by atomic mass is 32.2. The van der Waals surface area contributed by atoms with Crippen LogP contribution in [0.15, 0.2) is 34.0 Å². The lowest BCUT2D eigenvalue weighted by Gasteiger charge is -2.08. The second kappa shape index (κ2) is 4.89. The number of anilines is 2. The molecular weight excluding hydrogens is 294 g/mol. The van der Waals surface area contributed by atoms with Crippen LogP contribution < -0.4 is 16.0 Å². The van der Waals surface area contributed by atoms with Gasteiger partial charge in [0, 0.05) is 12.1 Å². The van der Waals surface area contributed by atoms with E-state index in [2.05, 4.69) is 5.10 Å². The van der Waals surface area contributed by atoms with E-state index in [1.165, 1.54) is 0 Å². The van der Waals surface area contributed by atoms with Crippen molar-refractivity contribution in [1.82, 2.24) is 10.2 Å². The van der Waals surface area contributed by atoms with Crippen LogP contribution in [0.3, 0.4) is 0 Å². The molecule has 1 aromatic heterocycles. The van der Waals surface area contributed by atoms with Gasteiger partial charge in [0.05, 0.1) is 5.69 Å². The molecule has 0 saturated heterocycles. The van der Waals surface area contributed by atoms with E-state index in [1.807, 2.05) is 9.82 Å². The van der Waals surface area contributed by atoms with Crippen LogP contribution in [-0.4, -0.2) is 18.6 Å².